The van der Waals surface area contributed by atoms with E-state index >= 15 is 0 Å². The van der Waals surface area contributed by atoms with Crippen LogP contribution in [-0.2, 0) is 20.1 Å². The van der Waals surface area contributed by atoms with Gasteiger partial charge in [-0.05, 0) is 54.7 Å². The fourth-order valence-corrected chi connectivity index (χ4v) is 7.17. The summed E-state index contributed by atoms with van der Waals surface area (Å²) < 4.78 is 74.4. The average molecular weight is 694 g/mol. The molecule has 1 atom stereocenters. The van der Waals surface area contributed by atoms with Gasteiger partial charge in [-0.25, -0.2) is 33.2 Å². The third kappa shape index (κ3) is 7.13. The van der Waals surface area contributed by atoms with Crippen LogP contribution in [-0.4, -0.2) is 84.0 Å². The molecule has 1 saturated heterocycles. The number of hydrogen-bond donors (Lipinski definition) is 2. The zero-order chi connectivity index (χ0) is 34.4. The minimum atomic E-state index is -4.60. The first kappa shape index (κ1) is 32.3. The molecule has 7 heterocycles. The van der Waals surface area contributed by atoms with Gasteiger partial charge in [0.1, 0.15) is 22.9 Å². The Morgan fingerprint density at radius 1 is 1.04 bits per heavy atom. The van der Waals surface area contributed by atoms with Gasteiger partial charge >= 0.3 is 12.3 Å². The van der Waals surface area contributed by atoms with Crippen LogP contribution in [0.5, 0.6) is 5.88 Å². The van der Waals surface area contributed by atoms with Gasteiger partial charge in [-0.15, -0.1) is 0 Å². The highest BCUT2D eigenvalue weighted by molar-refractivity contribution is 7.94. The molecule has 2 aromatic rings. The van der Waals surface area contributed by atoms with E-state index in [0.717, 1.165) is 17.0 Å². The van der Waals surface area contributed by atoms with Gasteiger partial charge in [0.15, 0.2) is 16.4 Å². The number of hydrogen-bond acceptors (Lipinski definition) is 10. The number of H-pyrrole nitrogens is 1. The minimum absolute atomic E-state index is 0.0391. The maximum Gasteiger partial charge on any atom is 0.422 e. The highest BCUT2D eigenvalue weighted by atomic mass is 32.2. The Kier molecular flexibility index (Phi) is 8.13. The molecule has 254 valence electrons. The molecule has 0 saturated carbocycles. The number of alkyl halides is 3. The monoisotopic (exact) mass is 693 g/mol. The number of fused-ring (bicyclic) bond motifs is 6. The number of nitrogens with one attached hydrogen (secondary N) is 2. The van der Waals surface area contributed by atoms with Gasteiger partial charge in [0.2, 0.25) is 5.88 Å². The van der Waals surface area contributed by atoms with Crippen molar-refractivity contribution in [1.29, 1.82) is 0 Å². The summed E-state index contributed by atoms with van der Waals surface area (Å²) in [6.07, 6.45) is 12.1. The van der Waals surface area contributed by atoms with Gasteiger partial charge in [-0.1, -0.05) is 6.08 Å². The Bertz CT molecular complexity index is 2170. The number of sulfone groups is 1. The van der Waals surface area contributed by atoms with Crippen molar-refractivity contribution in [1.82, 2.24) is 25.2 Å². The van der Waals surface area contributed by atoms with Gasteiger partial charge in [0.05, 0.1) is 34.2 Å². The van der Waals surface area contributed by atoms with Crippen LogP contribution in [0.25, 0.3) is 12.2 Å². The second kappa shape index (κ2) is 12.3. The molecule has 8 bridgehead atoms. The Hall–Kier alpha value is -5.25. The Labute approximate surface area is 278 Å². The molecule has 0 aliphatic carbocycles. The molecule has 2 aromatic heterocycles. The third-order valence-corrected chi connectivity index (χ3v) is 9.53. The Balaban J connectivity index is 1.20. The van der Waals surface area contributed by atoms with E-state index in [1.165, 1.54) is 11.2 Å². The standard InChI is InChI=1S/C33H30F3N7O5S/c1-49(45,46)30-26-7-6-23(41-26)15-21-3-2-20(39-21)14-22-4-5-24(40-22)17-32(11-8-27(30)42-32)28-16-29(38-19-37-28)48-25-9-12-43(13-10-25)31(44)47-18-33(34,35)36/h2-8,14-17,19,25,39,42H,9-13,18H2,1H3. The maximum absolute atomic E-state index is 13.3. The SMILES string of the molecule is CS(=O)(=O)C1=C2C=CC(=N2)C=c2ccc([nH]2)=CC2=NC(=CC3(c4cc(OC5CCN(C(=O)OCC(F)(F)F)CC5)ncn4)CC=C1N3)C=C2. The van der Waals surface area contributed by atoms with Crippen molar-refractivity contribution in [3.05, 3.63) is 99.4 Å². The molecule has 0 spiro atoms. The predicted octanol–water partition coefficient (Wildman–Crippen LogP) is 2.86. The van der Waals surface area contributed by atoms with E-state index in [1.54, 1.807) is 24.3 Å². The lowest BCUT2D eigenvalue weighted by Crippen LogP contribution is -2.43. The summed E-state index contributed by atoms with van der Waals surface area (Å²) >= 11 is 0. The van der Waals surface area contributed by atoms with Gasteiger partial charge < -0.3 is 24.7 Å². The molecule has 2 N–H and O–H groups in total. The summed E-state index contributed by atoms with van der Waals surface area (Å²) in [6.45, 7) is -1.34. The highest BCUT2D eigenvalue weighted by Gasteiger charge is 2.40. The minimum Gasteiger partial charge on any atom is -0.474 e. The largest absolute Gasteiger partial charge is 0.474 e. The molecule has 0 radical (unpaired) electrons. The quantitative estimate of drug-likeness (QED) is 0.486. The molecule has 1 unspecified atom stereocenters. The topological polar surface area (TPSA) is 151 Å². The van der Waals surface area contributed by atoms with Crippen molar-refractivity contribution in [2.75, 3.05) is 26.0 Å². The first-order chi connectivity index (χ1) is 23.3. The van der Waals surface area contributed by atoms with E-state index in [-0.39, 0.29) is 30.0 Å². The number of aliphatic imine (C=N–C) groups is 2. The molecule has 12 nitrogen and oxygen atoms in total. The molecule has 1 amide bonds. The second-order valence-corrected chi connectivity index (χ2v) is 14.0. The number of aromatic nitrogens is 3. The smallest absolute Gasteiger partial charge is 0.422 e. The average Bonchev–Trinajstić information content (AvgIpc) is 3.86. The van der Waals surface area contributed by atoms with E-state index in [9.17, 15) is 26.4 Å². The van der Waals surface area contributed by atoms with E-state index in [1.807, 2.05) is 42.5 Å². The van der Waals surface area contributed by atoms with Crippen molar-refractivity contribution >= 4 is 39.5 Å². The lowest BCUT2D eigenvalue weighted by Gasteiger charge is -2.32. The summed E-state index contributed by atoms with van der Waals surface area (Å²) in [5, 5.41) is 5.06. The van der Waals surface area contributed by atoms with Crippen LogP contribution >= 0.6 is 0 Å². The number of halogens is 3. The Morgan fingerprint density at radius 3 is 2.47 bits per heavy atom. The van der Waals surface area contributed by atoms with Crippen molar-refractivity contribution in [2.24, 2.45) is 9.98 Å². The van der Waals surface area contributed by atoms with E-state index in [2.05, 4.69) is 30.0 Å². The number of ether oxygens (including phenoxy) is 2. The molecule has 0 aromatic carbocycles. The van der Waals surface area contributed by atoms with Crippen LogP contribution in [0.1, 0.15) is 25.0 Å². The number of likely N-dealkylation sites (tertiary alicyclic amines) is 1. The fraction of sp³-hybridized carbons (Fsp3) is 0.303. The summed E-state index contributed by atoms with van der Waals surface area (Å²) in [5.74, 6) is 0.241. The van der Waals surface area contributed by atoms with Gasteiger partial charge in [0.25, 0.3) is 0 Å². The predicted molar refractivity (Wildman–Crippen MR) is 174 cm³/mol. The lowest BCUT2D eigenvalue weighted by atomic mass is 9.91. The highest BCUT2D eigenvalue weighted by Crippen LogP contribution is 2.39. The summed E-state index contributed by atoms with van der Waals surface area (Å²) in [7, 11) is -3.77. The van der Waals surface area contributed by atoms with Crippen molar-refractivity contribution in [3.8, 4) is 5.88 Å². The van der Waals surface area contributed by atoms with Crippen LogP contribution < -0.4 is 20.8 Å². The number of carbonyl (C=O) groups excluding carboxylic acids is 1. The Morgan fingerprint density at radius 2 is 1.76 bits per heavy atom. The van der Waals surface area contributed by atoms with E-state index < -0.39 is 34.3 Å². The molecule has 5 aliphatic rings. The first-order valence-electron chi connectivity index (χ1n) is 15.4. The summed E-state index contributed by atoms with van der Waals surface area (Å²) in [6, 6.07) is 5.48. The number of aromatic amines is 1. The van der Waals surface area contributed by atoms with Crippen molar-refractivity contribution < 1.29 is 35.9 Å². The number of allylic oxidation sites excluding steroid dienone is 4. The molecule has 16 heteroatoms. The van der Waals surface area contributed by atoms with Gasteiger partial charge in [-0.2, -0.15) is 13.2 Å². The molecular weight excluding hydrogens is 663 g/mol. The van der Waals surface area contributed by atoms with Crippen LogP contribution in [0, 0.1) is 0 Å². The zero-order valence-corrected chi connectivity index (χ0v) is 26.9. The number of carbonyl (C=O) groups is 1. The normalized spacial score (nSPS) is 22.1. The van der Waals surface area contributed by atoms with Crippen LogP contribution in [0.2, 0.25) is 0 Å². The third-order valence-electron chi connectivity index (χ3n) is 8.36. The number of piperidine rings is 1. The van der Waals surface area contributed by atoms with Crippen molar-refractivity contribution in [2.45, 2.75) is 37.1 Å². The summed E-state index contributed by atoms with van der Waals surface area (Å²) in [5.41, 5.74) is 2.00. The number of amides is 1. The lowest BCUT2D eigenvalue weighted by molar-refractivity contribution is -0.162. The van der Waals surface area contributed by atoms with Crippen LogP contribution in [0.15, 0.2) is 93.0 Å². The molecule has 1 fully saturated rings. The second-order valence-electron chi connectivity index (χ2n) is 12.1. The van der Waals surface area contributed by atoms with E-state index in [4.69, 9.17) is 9.73 Å². The number of rotatable bonds is 5. The first-order valence-corrected chi connectivity index (χ1v) is 17.3. The van der Waals surface area contributed by atoms with Crippen molar-refractivity contribution in [3.63, 3.8) is 0 Å². The van der Waals surface area contributed by atoms with E-state index in [0.29, 0.717) is 53.5 Å². The van der Waals surface area contributed by atoms with Gasteiger partial charge in [0, 0.05) is 55.4 Å². The molecule has 49 heavy (non-hydrogen) atoms. The van der Waals surface area contributed by atoms with Gasteiger partial charge in [-0.3, -0.25) is 0 Å². The number of nitrogens with zero attached hydrogens (tertiary/aromatic N) is 5. The summed E-state index contributed by atoms with van der Waals surface area (Å²) in [4.78, 5) is 34.9. The molecule has 7 rings (SSSR count). The van der Waals surface area contributed by atoms with Crippen LogP contribution in [0.4, 0.5) is 18.0 Å². The molecular formula is C33H30F3N7O5S. The fourth-order valence-electron chi connectivity index (χ4n) is 6.14. The van der Waals surface area contributed by atoms with Crippen LogP contribution in [0.3, 0.4) is 0 Å². The zero-order valence-electron chi connectivity index (χ0n) is 26.1. The maximum atomic E-state index is 13.3. The molecule has 5 aliphatic heterocycles.